The monoisotopic (exact) mass is 446 g/mol. The number of benzene rings is 2. The predicted molar refractivity (Wildman–Crippen MR) is 115 cm³/mol. The van der Waals surface area contributed by atoms with E-state index in [2.05, 4.69) is 4.98 Å². The maximum absolute atomic E-state index is 13.0. The minimum absolute atomic E-state index is 0.137. The zero-order chi connectivity index (χ0) is 23.0. The molecule has 1 saturated heterocycles. The first kappa shape index (κ1) is 22.2. The molecule has 1 fully saturated rings. The third-order valence-electron chi connectivity index (χ3n) is 6.07. The Hall–Kier alpha value is -3.00. The van der Waals surface area contributed by atoms with Gasteiger partial charge in [0.1, 0.15) is 11.9 Å². The number of alkyl halides is 3. The highest BCUT2D eigenvalue weighted by molar-refractivity contribution is 5.90. The standard InChI is InChI=1S/C24H25F3N2O3/c1-14-11-15(2)22(18-7-9-28-21(14)18)32-20-8-10-29(13-24(25,26)27)12-19(20)16-3-5-17(6-4-16)23(30)31/h3-7,9,11,19-20,28H,8,10,12-13H2,1-2H3,(H,30,31)/t19-,20+/m0/s1. The quantitative estimate of drug-likeness (QED) is 0.560. The third-order valence-corrected chi connectivity index (χ3v) is 6.07. The number of hydrogen-bond acceptors (Lipinski definition) is 3. The number of aromatic nitrogens is 1. The van der Waals surface area contributed by atoms with Crippen LogP contribution in [-0.2, 0) is 0 Å². The summed E-state index contributed by atoms with van der Waals surface area (Å²) in [6.45, 7) is 3.45. The van der Waals surface area contributed by atoms with Crippen LogP contribution in [0.3, 0.4) is 0 Å². The fourth-order valence-electron chi connectivity index (χ4n) is 4.60. The molecule has 1 aliphatic heterocycles. The molecule has 0 saturated carbocycles. The molecule has 5 nitrogen and oxygen atoms in total. The second-order valence-corrected chi connectivity index (χ2v) is 8.43. The number of likely N-dealkylation sites (tertiary alicyclic amines) is 1. The normalized spacial score (nSPS) is 19.9. The molecule has 0 radical (unpaired) electrons. The van der Waals surface area contributed by atoms with Gasteiger partial charge in [-0.2, -0.15) is 13.2 Å². The third kappa shape index (κ3) is 4.60. The Balaban J connectivity index is 1.67. The summed E-state index contributed by atoms with van der Waals surface area (Å²) in [5.41, 5.74) is 3.94. The number of ether oxygens (including phenoxy) is 1. The molecule has 4 rings (SSSR count). The number of aromatic carboxylic acids is 1. The van der Waals surface area contributed by atoms with Crippen molar-refractivity contribution in [1.29, 1.82) is 0 Å². The highest BCUT2D eigenvalue weighted by Gasteiger charge is 2.38. The summed E-state index contributed by atoms with van der Waals surface area (Å²) in [5, 5.41) is 10.1. The molecule has 170 valence electrons. The molecule has 0 bridgehead atoms. The Morgan fingerprint density at radius 3 is 2.56 bits per heavy atom. The van der Waals surface area contributed by atoms with Gasteiger partial charge in [-0.05, 0) is 55.2 Å². The van der Waals surface area contributed by atoms with Gasteiger partial charge in [0.15, 0.2) is 0 Å². The summed E-state index contributed by atoms with van der Waals surface area (Å²) in [6, 6.07) is 10.3. The number of hydrogen-bond donors (Lipinski definition) is 2. The molecular formula is C24H25F3N2O3. The molecule has 0 unspecified atom stereocenters. The first-order chi connectivity index (χ1) is 15.1. The van der Waals surface area contributed by atoms with E-state index in [9.17, 15) is 23.1 Å². The number of H-pyrrole nitrogens is 1. The lowest BCUT2D eigenvalue weighted by Crippen LogP contribution is -2.47. The van der Waals surface area contributed by atoms with Gasteiger partial charge in [-0.1, -0.05) is 18.2 Å². The Kier molecular flexibility index (Phi) is 5.90. The van der Waals surface area contributed by atoms with E-state index in [4.69, 9.17) is 4.74 Å². The van der Waals surface area contributed by atoms with Crippen molar-refractivity contribution >= 4 is 16.9 Å². The van der Waals surface area contributed by atoms with Crippen molar-refractivity contribution in [3.8, 4) is 5.75 Å². The number of rotatable bonds is 5. The van der Waals surface area contributed by atoms with Gasteiger partial charge >= 0.3 is 12.1 Å². The number of carbonyl (C=O) groups is 1. The average Bonchev–Trinajstić information content (AvgIpc) is 3.21. The van der Waals surface area contributed by atoms with Crippen molar-refractivity contribution in [2.75, 3.05) is 19.6 Å². The van der Waals surface area contributed by atoms with E-state index in [1.807, 2.05) is 32.2 Å². The molecule has 2 N–H and O–H groups in total. The molecule has 32 heavy (non-hydrogen) atoms. The van der Waals surface area contributed by atoms with Crippen LogP contribution in [0.15, 0.2) is 42.6 Å². The number of aryl methyl sites for hydroxylation is 2. The fraction of sp³-hybridized carbons (Fsp3) is 0.375. The van der Waals surface area contributed by atoms with Crippen LogP contribution in [0.2, 0.25) is 0 Å². The van der Waals surface area contributed by atoms with Crippen LogP contribution in [0, 0.1) is 13.8 Å². The number of halogens is 3. The second-order valence-electron chi connectivity index (χ2n) is 8.43. The number of fused-ring (bicyclic) bond motifs is 1. The molecule has 1 aromatic heterocycles. The number of carboxylic acids is 1. The summed E-state index contributed by atoms with van der Waals surface area (Å²) >= 11 is 0. The number of nitrogens with one attached hydrogen (secondary N) is 1. The zero-order valence-corrected chi connectivity index (χ0v) is 17.9. The van der Waals surface area contributed by atoms with Crippen molar-refractivity contribution in [2.24, 2.45) is 0 Å². The van der Waals surface area contributed by atoms with Gasteiger partial charge in [0.2, 0.25) is 0 Å². The Bertz CT molecular complexity index is 1120. The van der Waals surface area contributed by atoms with Crippen molar-refractivity contribution in [2.45, 2.75) is 38.5 Å². The molecule has 3 aromatic rings. The summed E-state index contributed by atoms with van der Waals surface area (Å²) in [6.07, 6.45) is -2.34. The molecule has 1 aliphatic rings. The molecule has 2 aromatic carbocycles. The van der Waals surface area contributed by atoms with Crippen molar-refractivity contribution in [3.05, 3.63) is 64.8 Å². The highest BCUT2D eigenvalue weighted by atomic mass is 19.4. The Morgan fingerprint density at radius 2 is 1.91 bits per heavy atom. The van der Waals surface area contributed by atoms with Crippen LogP contribution in [0.1, 0.15) is 39.4 Å². The van der Waals surface area contributed by atoms with Gasteiger partial charge < -0.3 is 14.8 Å². The number of nitrogens with zero attached hydrogens (tertiary/aromatic N) is 1. The molecule has 0 amide bonds. The van der Waals surface area contributed by atoms with Crippen molar-refractivity contribution in [1.82, 2.24) is 9.88 Å². The van der Waals surface area contributed by atoms with Crippen molar-refractivity contribution in [3.63, 3.8) is 0 Å². The maximum Gasteiger partial charge on any atom is 0.401 e. The summed E-state index contributed by atoms with van der Waals surface area (Å²) in [5.74, 6) is -0.645. The summed E-state index contributed by atoms with van der Waals surface area (Å²) in [4.78, 5) is 15.8. The van der Waals surface area contributed by atoms with E-state index in [-0.39, 0.29) is 30.7 Å². The minimum atomic E-state index is -4.28. The first-order valence-corrected chi connectivity index (χ1v) is 10.5. The number of carboxylic acid groups (broad SMARTS) is 1. The van der Waals surface area contributed by atoms with Gasteiger partial charge in [0.25, 0.3) is 0 Å². The topological polar surface area (TPSA) is 65.6 Å². The van der Waals surface area contributed by atoms with Gasteiger partial charge in [0, 0.05) is 30.6 Å². The van der Waals surface area contributed by atoms with Gasteiger partial charge in [0.05, 0.1) is 17.6 Å². The zero-order valence-electron chi connectivity index (χ0n) is 17.9. The van der Waals surface area contributed by atoms with E-state index < -0.39 is 18.7 Å². The van der Waals surface area contributed by atoms with Crippen LogP contribution in [0.4, 0.5) is 13.2 Å². The summed E-state index contributed by atoms with van der Waals surface area (Å²) < 4.78 is 45.6. The molecule has 0 aliphatic carbocycles. The molecule has 2 heterocycles. The van der Waals surface area contributed by atoms with Gasteiger partial charge in [-0.15, -0.1) is 0 Å². The lowest BCUT2D eigenvalue weighted by molar-refractivity contribution is -0.150. The minimum Gasteiger partial charge on any atom is -0.489 e. The Morgan fingerprint density at radius 1 is 1.19 bits per heavy atom. The van der Waals surface area contributed by atoms with Crippen LogP contribution in [0.5, 0.6) is 5.75 Å². The van der Waals surface area contributed by atoms with E-state index >= 15 is 0 Å². The lowest BCUT2D eigenvalue weighted by Gasteiger charge is -2.39. The van der Waals surface area contributed by atoms with E-state index in [1.165, 1.54) is 17.0 Å². The van der Waals surface area contributed by atoms with E-state index in [1.54, 1.807) is 12.1 Å². The smallest absolute Gasteiger partial charge is 0.401 e. The molecular weight excluding hydrogens is 421 g/mol. The summed E-state index contributed by atoms with van der Waals surface area (Å²) in [7, 11) is 0. The Labute approximate surface area is 183 Å². The lowest BCUT2D eigenvalue weighted by atomic mass is 9.87. The SMILES string of the molecule is Cc1cc(C)c2[nH]ccc2c1O[C@@H]1CCN(CC(F)(F)F)C[C@H]1c1ccc(C(=O)O)cc1. The number of piperidine rings is 1. The van der Waals surface area contributed by atoms with E-state index in [0.717, 1.165) is 33.3 Å². The van der Waals surface area contributed by atoms with Gasteiger partial charge in [-0.25, -0.2) is 4.79 Å². The van der Waals surface area contributed by atoms with Crippen LogP contribution >= 0.6 is 0 Å². The number of aromatic amines is 1. The van der Waals surface area contributed by atoms with Crippen molar-refractivity contribution < 1.29 is 27.8 Å². The average molecular weight is 446 g/mol. The predicted octanol–water partition coefficient (Wildman–Crippen LogP) is 5.28. The molecule has 2 atom stereocenters. The second kappa shape index (κ2) is 8.50. The first-order valence-electron chi connectivity index (χ1n) is 10.5. The largest absolute Gasteiger partial charge is 0.489 e. The van der Waals surface area contributed by atoms with Crippen LogP contribution < -0.4 is 4.74 Å². The van der Waals surface area contributed by atoms with E-state index in [0.29, 0.717) is 6.42 Å². The highest BCUT2D eigenvalue weighted by Crippen LogP contribution is 2.37. The molecule has 0 spiro atoms. The fourth-order valence-corrected chi connectivity index (χ4v) is 4.60. The van der Waals surface area contributed by atoms with Crippen LogP contribution in [-0.4, -0.2) is 52.9 Å². The van der Waals surface area contributed by atoms with Crippen LogP contribution in [0.25, 0.3) is 10.9 Å². The van der Waals surface area contributed by atoms with Gasteiger partial charge in [-0.3, -0.25) is 4.90 Å². The molecule has 8 heteroatoms. The maximum atomic E-state index is 13.0.